The normalized spacial score (nSPS) is 10.5. The van der Waals surface area contributed by atoms with E-state index in [2.05, 4.69) is 27.8 Å². The summed E-state index contributed by atoms with van der Waals surface area (Å²) < 4.78 is 21.7. The summed E-state index contributed by atoms with van der Waals surface area (Å²) in [4.78, 5) is 37.6. The van der Waals surface area contributed by atoms with Crippen LogP contribution in [0.4, 0.5) is 37.1 Å². The van der Waals surface area contributed by atoms with Crippen LogP contribution in [0, 0.1) is 0 Å². The largest absolute Gasteiger partial charge is 0.508 e. The number of phenolic OH excluding ortho intramolecular Hbond substituents is 2. The molecule has 0 aliphatic rings. The molecule has 0 atom stereocenters. The summed E-state index contributed by atoms with van der Waals surface area (Å²) in [5.41, 5.74) is 6.50. The maximum atomic E-state index is 12.7. The number of anilines is 4. The third-order valence-electron chi connectivity index (χ3n) is 8.97. The van der Waals surface area contributed by atoms with E-state index < -0.39 is 18.3 Å². The predicted molar refractivity (Wildman–Crippen MR) is 236 cm³/mol. The summed E-state index contributed by atoms with van der Waals surface area (Å²) >= 11 is 0. The molecule has 0 radical (unpaired) electrons. The van der Waals surface area contributed by atoms with Crippen LogP contribution < -0.4 is 40.2 Å². The molecule has 0 bridgehead atoms. The van der Waals surface area contributed by atoms with Crippen molar-refractivity contribution in [3.8, 4) is 34.5 Å². The third kappa shape index (κ3) is 12.6. The van der Waals surface area contributed by atoms with Crippen LogP contribution >= 0.6 is 0 Å². The van der Waals surface area contributed by atoms with Gasteiger partial charge in [-0.25, -0.2) is 14.4 Å². The van der Waals surface area contributed by atoms with Crippen LogP contribution in [0.2, 0.25) is 0 Å². The van der Waals surface area contributed by atoms with Gasteiger partial charge in [-0.15, -0.1) is 0 Å². The van der Waals surface area contributed by atoms with Gasteiger partial charge in [0.2, 0.25) is 0 Å². The molecule has 0 aromatic heterocycles. The average molecular weight is 829 g/mol. The van der Waals surface area contributed by atoms with E-state index in [1.165, 1.54) is 24.3 Å². The zero-order chi connectivity index (χ0) is 43.3. The molecule has 7 aromatic carbocycles. The third-order valence-corrected chi connectivity index (χ3v) is 8.97. The van der Waals surface area contributed by atoms with Crippen molar-refractivity contribution in [3.63, 3.8) is 0 Å². The smallest absolute Gasteiger partial charge is 0.417 e. The topological polar surface area (TPSA) is 177 Å². The summed E-state index contributed by atoms with van der Waals surface area (Å²) in [5, 5.41) is 30.3. The maximum absolute atomic E-state index is 12.7. The molecule has 0 fully saturated rings. The number of rotatable bonds is 14. The number of carbonyl (C=O) groups is 3. The molecule has 0 aliphatic heterocycles. The van der Waals surface area contributed by atoms with E-state index in [-0.39, 0.29) is 28.7 Å². The molecular formula is C49H40N4O9. The van der Waals surface area contributed by atoms with Gasteiger partial charge in [-0.2, -0.15) is 0 Å². The van der Waals surface area contributed by atoms with Gasteiger partial charge in [-0.05, 0) is 127 Å². The molecule has 310 valence electrons. The van der Waals surface area contributed by atoms with Gasteiger partial charge in [-0.1, -0.05) is 66.7 Å². The Balaban J connectivity index is 0.820. The molecule has 0 saturated carbocycles. The first-order chi connectivity index (χ1) is 30.1. The molecule has 3 amide bonds. The van der Waals surface area contributed by atoms with Crippen molar-refractivity contribution < 1.29 is 43.5 Å². The highest BCUT2D eigenvalue weighted by atomic mass is 16.6. The van der Waals surface area contributed by atoms with Gasteiger partial charge >= 0.3 is 18.3 Å². The quantitative estimate of drug-likeness (QED) is 0.0578. The minimum atomic E-state index is -0.723. The van der Waals surface area contributed by atoms with Crippen LogP contribution in [-0.2, 0) is 12.8 Å². The number of benzene rings is 7. The summed E-state index contributed by atoms with van der Waals surface area (Å²) in [6.07, 6.45) is -0.838. The van der Waals surface area contributed by atoms with E-state index >= 15 is 0 Å². The fourth-order valence-electron chi connectivity index (χ4n) is 6.07. The van der Waals surface area contributed by atoms with E-state index in [9.17, 15) is 24.6 Å². The Labute approximate surface area is 356 Å². The summed E-state index contributed by atoms with van der Waals surface area (Å²) in [6, 6.07) is 48.4. The first kappa shape index (κ1) is 41.4. The Hall–Kier alpha value is -8.71. The lowest BCUT2D eigenvalue weighted by atomic mass is 10.0. The standard InChI is InChI=1S/C49H40N4O9/c1-32(59-43-7-2-5-41(54)29-43)50-37-19-11-33(12-20-37)27-34-15-23-39(24-16-34)52-48(57)61-45-9-4-10-46(31-45)62-49(58)53-40-25-17-36(18-26-40)28-35-13-21-38(22-14-35)51-47(56)60-44-8-3-6-42(55)30-44/h2-26,29-31,50,54-55H,1,27-28H2,(H,51,56)(H,52,57)(H,53,58). The van der Waals surface area contributed by atoms with Crippen molar-refractivity contribution in [1.29, 1.82) is 0 Å². The highest BCUT2D eigenvalue weighted by Crippen LogP contribution is 2.24. The zero-order valence-corrected chi connectivity index (χ0v) is 33.0. The highest BCUT2D eigenvalue weighted by molar-refractivity contribution is 5.88. The first-order valence-electron chi connectivity index (χ1n) is 19.2. The number of amides is 3. The van der Waals surface area contributed by atoms with Crippen molar-refractivity contribution in [3.05, 3.63) is 205 Å². The molecule has 6 N–H and O–H groups in total. The Morgan fingerprint density at radius 1 is 0.387 bits per heavy atom. The van der Waals surface area contributed by atoms with E-state index in [1.807, 2.05) is 60.7 Å². The Kier molecular flexibility index (Phi) is 13.3. The molecule has 7 rings (SSSR count). The van der Waals surface area contributed by atoms with Gasteiger partial charge in [0.25, 0.3) is 0 Å². The van der Waals surface area contributed by atoms with Gasteiger partial charge in [0.1, 0.15) is 34.5 Å². The Bertz CT molecular complexity index is 2490. The van der Waals surface area contributed by atoms with E-state index in [1.54, 1.807) is 84.9 Å². The summed E-state index contributed by atoms with van der Waals surface area (Å²) in [6.45, 7) is 3.88. The lowest BCUT2D eigenvalue weighted by Gasteiger charge is -2.12. The second-order valence-electron chi connectivity index (χ2n) is 13.8. The number of ether oxygens (including phenoxy) is 4. The Morgan fingerprint density at radius 3 is 1.02 bits per heavy atom. The van der Waals surface area contributed by atoms with Gasteiger partial charge in [0, 0.05) is 40.9 Å². The molecule has 0 saturated heterocycles. The molecule has 0 aliphatic carbocycles. The van der Waals surface area contributed by atoms with Crippen LogP contribution in [0.5, 0.6) is 34.5 Å². The van der Waals surface area contributed by atoms with Crippen molar-refractivity contribution in [2.45, 2.75) is 12.8 Å². The highest BCUT2D eigenvalue weighted by Gasteiger charge is 2.11. The molecule has 7 aromatic rings. The van der Waals surface area contributed by atoms with Gasteiger partial charge in [0.15, 0.2) is 5.88 Å². The number of aromatic hydroxyl groups is 2. The Morgan fingerprint density at radius 2 is 0.677 bits per heavy atom. The zero-order valence-electron chi connectivity index (χ0n) is 33.0. The number of carbonyl (C=O) groups excluding carboxylic acids is 3. The summed E-state index contributed by atoms with van der Waals surface area (Å²) in [5.74, 6) is 1.46. The predicted octanol–water partition coefficient (Wildman–Crippen LogP) is 11.1. The molecule has 13 nitrogen and oxygen atoms in total. The van der Waals surface area contributed by atoms with Crippen LogP contribution in [0.15, 0.2) is 182 Å². The lowest BCUT2D eigenvalue weighted by Crippen LogP contribution is -2.18. The van der Waals surface area contributed by atoms with Gasteiger partial charge in [-0.3, -0.25) is 16.0 Å². The van der Waals surface area contributed by atoms with Crippen LogP contribution in [0.3, 0.4) is 0 Å². The second-order valence-corrected chi connectivity index (χ2v) is 13.8. The van der Waals surface area contributed by atoms with E-state index in [0.717, 1.165) is 27.9 Å². The maximum Gasteiger partial charge on any atom is 0.417 e. The summed E-state index contributed by atoms with van der Waals surface area (Å²) in [7, 11) is 0. The minimum Gasteiger partial charge on any atom is -0.508 e. The molecule has 0 spiro atoms. The van der Waals surface area contributed by atoms with E-state index in [4.69, 9.17) is 18.9 Å². The van der Waals surface area contributed by atoms with Gasteiger partial charge < -0.3 is 34.5 Å². The molecular weight excluding hydrogens is 789 g/mol. The fraction of sp³-hybridized carbons (Fsp3) is 0.0408. The van der Waals surface area contributed by atoms with Crippen LogP contribution in [0.1, 0.15) is 22.3 Å². The van der Waals surface area contributed by atoms with Crippen molar-refractivity contribution in [2.75, 3.05) is 21.3 Å². The first-order valence-corrected chi connectivity index (χ1v) is 19.2. The number of hydrogen-bond donors (Lipinski definition) is 6. The minimum absolute atomic E-state index is 0.00449. The van der Waals surface area contributed by atoms with Crippen LogP contribution in [0.25, 0.3) is 0 Å². The monoisotopic (exact) mass is 828 g/mol. The molecule has 13 heteroatoms. The lowest BCUT2D eigenvalue weighted by molar-refractivity contribution is 0.212. The van der Waals surface area contributed by atoms with Crippen molar-refractivity contribution >= 4 is 41.0 Å². The van der Waals surface area contributed by atoms with Crippen molar-refractivity contribution in [2.24, 2.45) is 0 Å². The van der Waals surface area contributed by atoms with Crippen LogP contribution in [-0.4, -0.2) is 28.5 Å². The number of phenols is 2. The van der Waals surface area contributed by atoms with Gasteiger partial charge in [0.05, 0.1) is 0 Å². The fourth-order valence-corrected chi connectivity index (χ4v) is 6.07. The molecule has 62 heavy (non-hydrogen) atoms. The molecule has 0 heterocycles. The molecule has 0 unspecified atom stereocenters. The van der Waals surface area contributed by atoms with E-state index in [0.29, 0.717) is 41.5 Å². The SMILES string of the molecule is C=C(Nc1ccc(Cc2ccc(NC(=O)Oc3cccc(OC(=O)Nc4ccc(Cc5ccc(NC(=O)Oc6cccc(O)c6)cc5)cc4)c3)cc2)cc1)Oc1cccc(O)c1. The van der Waals surface area contributed by atoms with Crippen molar-refractivity contribution in [1.82, 2.24) is 0 Å². The number of nitrogens with one attached hydrogen (secondary N) is 4. The average Bonchev–Trinajstić information content (AvgIpc) is 3.24. The number of hydrogen-bond acceptors (Lipinski definition) is 10. The second kappa shape index (κ2) is 19.8.